The number of hydrogen-bond acceptors (Lipinski definition) is 8. The zero-order valence-corrected chi connectivity index (χ0v) is 17.7. The van der Waals surface area contributed by atoms with Crippen LogP contribution in [0.5, 0.6) is 0 Å². The van der Waals surface area contributed by atoms with Gasteiger partial charge in [-0.2, -0.15) is 5.26 Å². The van der Waals surface area contributed by atoms with Gasteiger partial charge in [-0.1, -0.05) is 35.2 Å². The molecule has 0 unspecified atom stereocenters. The van der Waals surface area contributed by atoms with Crippen LogP contribution in [-0.4, -0.2) is 30.9 Å². The topological polar surface area (TPSA) is 109 Å². The minimum atomic E-state index is -0.510. The Labute approximate surface area is 184 Å². The summed E-state index contributed by atoms with van der Waals surface area (Å²) in [5.74, 6) is 0.265. The van der Waals surface area contributed by atoms with Crippen LogP contribution in [0, 0.1) is 24.1 Å². The van der Waals surface area contributed by atoms with Gasteiger partial charge in [-0.3, -0.25) is 10.1 Å². The number of benzene rings is 2. The first-order valence-electron chi connectivity index (χ1n) is 8.98. The third-order valence-corrected chi connectivity index (χ3v) is 6.16. The Bertz CT molecular complexity index is 1260. The lowest BCUT2D eigenvalue weighted by molar-refractivity contribution is 0.101. The van der Waals surface area contributed by atoms with Crippen LogP contribution in [0.1, 0.15) is 27.6 Å². The van der Waals surface area contributed by atoms with Gasteiger partial charge in [0.15, 0.2) is 4.34 Å². The fourth-order valence-corrected chi connectivity index (χ4v) is 4.31. The lowest BCUT2D eigenvalue weighted by Gasteiger charge is -2.01. The molecule has 4 aromatic rings. The summed E-state index contributed by atoms with van der Waals surface area (Å²) in [6, 6.07) is 15.1. The maximum Gasteiger partial charge on any atom is 0.297 e. The molecule has 0 aliphatic carbocycles. The van der Waals surface area contributed by atoms with Crippen LogP contribution in [0.25, 0.3) is 5.69 Å². The summed E-state index contributed by atoms with van der Waals surface area (Å²) in [7, 11) is 0. The summed E-state index contributed by atoms with van der Waals surface area (Å²) in [5.41, 5.74) is 2.26. The molecule has 0 fully saturated rings. The molecule has 0 bridgehead atoms. The van der Waals surface area contributed by atoms with Gasteiger partial charge in [-0.05, 0) is 48.9 Å². The quantitative estimate of drug-likeness (QED) is 0.349. The fourth-order valence-electron chi connectivity index (χ4n) is 2.61. The minimum absolute atomic E-state index is 0.0242. The monoisotopic (exact) mass is 451 g/mol. The van der Waals surface area contributed by atoms with E-state index in [1.807, 2.05) is 12.1 Å². The van der Waals surface area contributed by atoms with E-state index >= 15 is 0 Å². The first-order valence-corrected chi connectivity index (χ1v) is 10.8. The Morgan fingerprint density at radius 3 is 2.65 bits per heavy atom. The van der Waals surface area contributed by atoms with Crippen molar-refractivity contribution in [2.75, 3.05) is 5.32 Å². The van der Waals surface area contributed by atoms with E-state index in [9.17, 15) is 9.18 Å². The second-order valence-corrected chi connectivity index (χ2v) is 8.50. The highest BCUT2D eigenvalue weighted by atomic mass is 32.2. The molecule has 11 heteroatoms. The lowest BCUT2D eigenvalue weighted by atomic mass is 10.2. The molecule has 0 spiro atoms. The predicted molar refractivity (Wildman–Crippen MR) is 115 cm³/mol. The van der Waals surface area contributed by atoms with Crippen molar-refractivity contribution in [2.45, 2.75) is 17.0 Å². The van der Waals surface area contributed by atoms with E-state index in [4.69, 9.17) is 5.26 Å². The van der Waals surface area contributed by atoms with E-state index in [0.717, 1.165) is 5.56 Å². The summed E-state index contributed by atoms with van der Waals surface area (Å²) < 4.78 is 15.3. The number of carbonyl (C=O) groups is 1. The minimum Gasteiger partial charge on any atom is -0.294 e. The number of halogens is 1. The summed E-state index contributed by atoms with van der Waals surface area (Å²) in [5, 5.41) is 24.1. The number of amides is 1. The maximum absolute atomic E-state index is 13.1. The fraction of sp³-hybridized carbons (Fsp3) is 0.100. The molecular weight excluding hydrogens is 437 g/mol. The summed E-state index contributed by atoms with van der Waals surface area (Å²) >= 11 is 2.72. The van der Waals surface area contributed by atoms with E-state index < -0.39 is 5.91 Å². The average Bonchev–Trinajstić information content (AvgIpc) is 3.39. The van der Waals surface area contributed by atoms with Crippen molar-refractivity contribution < 1.29 is 9.18 Å². The van der Waals surface area contributed by atoms with Gasteiger partial charge < -0.3 is 0 Å². The highest BCUT2D eigenvalue weighted by Gasteiger charge is 2.17. The smallest absolute Gasteiger partial charge is 0.294 e. The molecule has 0 saturated carbocycles. The molecule has 4 rings (SSSR count). The van der Waals surface area contributed by atoms with E-state index in [1.54, 1.807) is 31.2 Å². The predicted octanol–water partition coefficient (Wildman–Crippen LogP) is 3.98. The molecule has 1 N–H and O–H groups in total. The molecule has 0 aliphatic heterocycles. The Morgan fingerprint density at radius 1 is 1.19 bits per heavy atom. The standard InChI is InChI=1S/C20H14FN7OS2/c1-12-23-17(27-28(12)16-8-6-15(21)7-9-16)18(29)24-19-25-26-20(31-19)30-11-14-4-2-13(10-22)3-5-14/h2-9H,11H2,1H3,(H,24,25,29). The van der Waals surface area contributed by atoms with Gasteiger partial charge >= 0.3 is 0 Å². The number of aryl methyl sites for hydroxylation is 1. The molecule has 0 radical (unpaired) electrons. The molecule has 0 atom stereocenters. The molecule has 2 aromatic carbocycles. The zero-order chi connectivity index (χ0) is 21.8. The largest absolute Gasteiger partial charge is 0.297 e. The van der Waals surface area contributed by atoms with E-state index in [-0.39, 0.29) is 11.6 Å². The maximum atomic E-state index is 13.1. The van der Waals surface area contributed by atoms with Gasteiger partial charge in [0.1, 0.15) is 11.6 Å². The van der Waals surface area contributed by atoms with Crippen LogP contribution in [-0.2, 0) is 5.75 Å². The van der Waals surface area contributed by atoms with Gasteiger partial charge in [0, 0.05) is 5.75 Å². The highest BCUT2D eigenvalue weighted by molar-refractivity contribution is 8.00. The Hall–Kier alpha value is -3.62. The van der Waals surface area contributed by atoms with Crippen molar-refractivity contribution in [1.82, 2.24) is 25.0 Å². The van der Waals surface area contributed by atoms with Crippen molar-refractivity contribution in [2.24, 2.45) is 0 Å². The molecule has 8 nitrogen and oxygen atoms in total. The van der Waals surface area contributed by atoms with Gasteiger partial charge in [-0.15, -0.1) is 15.3 Å². The van der Waals surface area contributed by atoms with Gasteiger partial charge in [-0.25, -0.2) is 14.1 Å². The molecular formula is C20H14FN7OS2. The summed E-state index contributed by atoms with van der Waals surface area (Å²) in [6.45, 7) is 1.70. The number of aromatic nitrogens is 5. The number of nitriles is 1. The Kier molecular flexibility index (Phi) is 6.01. The van der Waals surface area contributed by atoms with Gasteiger partial charge in [0.2, 0.25) is 11.0 Å². The highest BCUT2D eigenvalue weighted by Crippen LogP contribution is 2.28. The SMILES string of the molecule is Cc1nc(C(=O)Nc2nnc(SCc3ccc(C#N)cc3)s2)nn1-c1ccc(F)cc1. The van der Waals surface area contributed by atoms with Gasteiger partial charge in [0.25, 0.3) is 5.91 Å². The zero-order valence-electron chi connectivity index (χ0n) is 16.1. The van der Waals surface area contributed by atoms with Crippen molar-refractivity contribution in [3.63, 3.8) is 0 Å². The van der Waals surface area contributed by atoms with Crippen LogP contribution in [0.2, 0.25) is 0 Å². The van der Waals surface area contributed by atoms with Crippen molar-refractivity contribution >= 4 is 34.1 Å². The third-order valence-electron chi connectivity index (χ3n) is 4.12. The molecule has 2 aromatic heterocycles. The number of anilines is 1. The molecule has 0 aliphatic rings. The molecule has 1 amide bonds. The normalized spacial score (nSPS) is 10.6. The van der Waals surface area contributed by atoms with Crippen LogP contribution in [0.4, 0.5) is 9.52 Å². The summed E-state index contributed by atoms with van der Waals surface area (Å²) in [4.78, 5) is 16.7. The van der Waals surface area contributed by atoms with Crippen LogP contribution in [0.15, 0.2) is 52.9 Å². The third kappa shape index (κ3) is 4.93. The van der Waals surface area contributed by atoms with Crippen molar-refractivity contribution in [3.8, 4) is 11.8 Å². The van der Waals surface area contributed by atoms with E-state index in [1.165, 1.54) is 39.9 Å². The molecule has 2 heterocycles. The number of thioether (sulfide) groups is 1. The second-order valence-electron chi connectivity index (χ2n) is 6.30. The lowest BCUT2D eigenvalue weighted by Crippen LogP contribution is -2.14. The molecule has 154 valence electrons. The Morgan fingerprint density at radius 2 is 1.94 bits per heavy atom. The van der Waals surface area contributed by atoms with E-state index in [2.05, 4.69) is 31.7 Å². The number of nitrogens with zero attached hydrogens (tertiary/aromatic N) is 6. The second kappa shape index (κ2) is 9.03. The van der Waals surface area contributed by atoms with Crippen LogP contribution in [0.3, 0.4) is 0 Å². The molecule has 0 saturated heterocycles. The van der Waals surface area contributed by atoms with Crippen LogP contribution < -0.4 is 5.32 Å². The molecule has 31 heavy (non-hydrogen) atoms. The van der Waals surface area contributed by atoms with Crippen LogP contribution >= 0.6 is 23.1 Å². The van der Waals surface area contributed by atoms with Crippen molar-refractivity contribution in [1.29, 1.82) is 5.26 Å². The number of hydrogen-bond donors (Lipinski definition) is 1. The van der Waals surface area contributed by atoms with E-state index in [0.29, 0.717) is 32.3 Å². The Balaban J connectivity index is 1.39. The number of rotatable bonds is 6. The average molecular weight is 452 g/mol. The number of carbonyl (C=O) groups excluding carboxylic acids is 1. The first-order chi connectivity index (χ1) is 15.0. The number of nitrogens with one attached hydrogen (secondary N) is 1. The van der Waals surface area contributed by atoms with Gasteiger partial charge in [0.05, 0.1) is 17.3 Å². The van der Waals surface area contributed by atoms with Crippen molar-refractivity contribution in [3.05, 3.63) is 77.1 Å². The summed E-state index contributed by atoms with van der Waals surface area (Å²) in [6.07, 6.45) is 0. The first kappa shape index (κ1) is 20.6.